The summed E-state index contributed by atoms with van der Waals surface area (Å²) < 4.78 is 9.47. The van der Waals surface area contributed by atoms with Crippen molar-refractivity contribution in [2.24, 2.45) is 0 Å². The highest BCUT2D eigenvalue weighted by Crippen LogP contribution is 2.19. The number of methoxy groups -OCH3 is 1. The Bertz CT molecular complexity index is 891. The van der Waals surface area contributed by atoms with E-state index in [0.717, 1.165) is 0 Å². The van der Waals surface area contributed by atoms with Gasteiger partial charge in [-0.3, -0.25) is 14.9 Å². The molecule has 0 saturated carbocycles. The van der Waals surface area contributed by atoms with Crippen LogP contribution in [0, 0.1) is 17.0 Å². The number of carbonyl (C=O) groups excluding carboxylic acids is 3. The Kier molecular flexibility index (Phi) is 6.21. The summed E-state index contributed by atoms with van der Waals surface area (Å²) in [7, 11) is 1.26. The maximum absolute atomic E-state index is 12.0. The number of hydrogen-bond acceptors (Lipinski definition) is 7. The minimum absolute atomic E-state index is 0.105. The lowest BCUT2D eigenvalue weighted by atomic mass is 10.1. The molecule has 2 rings (SSSR count). The van der Waals surface area contributed by atoms with E-state index < -0.39 is 29.4 Å². The van der Waals surface area contributed by atoms with Crippen LogP contribution in [0.5, 0.6) is 0 Å². The first-order valence-electron chi connectivity index (χ1n) is 7.72. The number of nitrogens with zero attached hydrogens (tertiary/aromatic N) is 1. The molecule has 0 aliphatic rings. The molecule has 0 aliphatic heterocycles. The second-order valence-electron chi connectivity index (χ2n) is 5.45. The lowest BCUT2D eigenvalue weighted by Crippen LogP contribution is -2.21. The fourth-order valence-corrected chi connectivity index (χ4v) is 2.21. The number of carbonyl (C=O) groups is 3. The molecule has 0 aromatic heterocycles. The lowest BCUT2D eigenvalue weighted by molar-refractivity contribution is -0.385. The monoisotopic (exact) mass is 372 g/mol. The molecule has 0 bridgehead atoms. The summed E-state index contributed by atoms with van der Waals surface area (Å²) in [6.07, 6.45) is 0. The van der Waals surface area contributed by atoms with Gasteiger partial charge in [-0.05, 0) is 43.3 Å². The van der Waals surface area contributed by atoms with Crippen molar-refractivity contribution in [2.75, 3.05) is 19.0 Å². The zero-order valence-electron chi connectivity index (χ0n) is 14.6. The number of nitrogens with one attached hydrogen (secondary N) is 1. The van der Waals surface area contributed by atoms with Crippen molar-refractivity contribution in [3.8, 4) is 0 Å². The predicted molar refractivity (Wildman–Crippen MR) is 94.5 cm³/mol. The number of rotatable bonds is 6. The van der Waals surface area contributed by atoms with Crippen molar-refractivity contribution in [1.82, 2.24) is 0 Å². The summed E-state index contributed by atoms with van der Waals surface area (Å²) in [5.41, 5.74) is 1.04. The Balaban J connectivity index is 1.91. The zero-order chi connectivity index (χ0) is 20.0. The summed E-state index contributed by atoms with van der Waals surface area (Å²) in [5.74, 6) is -1.85. The number of nitro benzene ring substituents is 1. The van der Waals surface area contributed by atoms with E-state index in [1.807, 2.05) is 0 Å². The molecule has 0 fully saturated rings. The maximum atomic E-state index is 12.0. The number of aryl methyl sites for hydroxylation is 1. The van der Waals surface area contributed by atoms with Crippen LogP contribution in [0.2, 0.25) is 0 Å². The molecule has 0 aliphatic carbocycles. The first kappa shape index (κ1) is 19.6. The number of ether oxygens (including phenoxy) is 2. The minimum atomic E-state index is -0.774. The zero-order valence-corrected chi connectivity index (χ0v) is 14.6. The van der Waals surface area contributed by atoms with Crippen LogP contribution >= 0.6 is 0 Å². The van der Waals surface area contributed by atoms with E-state index in [1.165, 1.54) is 56.5 Å². The van der Waals surface area contributed by atoms with Crippen LogP contribution in [-0.4, -0.2) is 36.5 Å². The molecule has 0 spiro atoms. The van der Waals surface area contributed by atoms with Crippen LogP contribution in [0.15, 0.2) is 42.5 Å². The van der Waals surface area contributed by atoms with Crippen LogP contribution in [-0.2, 0) is 14.3 Å². The summed E-state index contributed by atoms with van der Waals surface area (Å²) in [5, 5.41) is 13.3. The molecule has 1 N–H and O–H groups in total. The van der Waals surface area contributed by atoms with Crippen LogP contribution < -0.4 is 5.32 Å². The number of nitro groups is 1. The highest BCUT2D eigenvalue weighted by molar-refractivity contribution is 5.96. The molecule has 9 heteroatoms. The van der Waals surface area contributed by atoms with Crippen LogP contribution in [0.3, 0.4) is 0 Å². The normalized spacial score (nSPS) is 10.0. The van der Waals surface area contributed by atoms with Gasteiger partial charge in [0.25, 0.3) is 11.6 Å². The first-order chi connectivity index (χ1) is 12.8. The van der Waals surface area contributed by atoms with E-state index in [1.54, 1.807) is 0 Å². The SMILES string of the molecule is COC(=O)c1ccc(NC(=O)COC(=O)c2ccc([N+](=O)[O-])c(C)c2)cc1. The molecule has 0 saturated heterocycles. The van der Waals surface area contributed by atoms with Gasteiger partial charge in [-0.1, -0.05) is 0 Å². The first-order valence-corrected chi connectivity index (χ1v) is 7.72. The van der Waals surface area contributed by atoms with E-state index in [2.05, 4.69) is 10.1 Å². The minimum Gasteiger partial charge on any atom is -0.465 e. The molecule has 9 nitrogen and oxygen atoms in total. The molecule has 2 aromatic carbocycles. The van der Waals surface area contributed by atoms with E-state index >= 15 is 0 Å². The Morgan fingerprint density at radius 1 is 1.04 bits per heavy atom. The molecule has 0 radical (unpaired) electrons. The van der Waals surface area contributed by atoms with Gasteiger partial charge in [-0.15, -0.1) is 0 Å². The molecule has 0 atom stereocenters. The average molecular weight is 372 g/mol. The van der Waals surface area contributed by atoms with Gasteiger partial charge in [0.1, 0.15) is 0 Å². The predicted octanol–water partition coefficient (Wildman–Crippen LogP) is 2.49. The number of hydrogen-bond donors (Lipinski definition) is 1. The molecular weight excluding hydrogens is 356 g/mol. The van der Waals surface area contributed by atoms with Gasteiger partial charge >= 0.3 is 11.9 Å². The third-order valence-corrected chi connectivity index (χ3v) is 3.55. The van der Waals surface area contributed by atoms with Gasteiger partial charge in [0.15, 0.2) is 6.61 Å². The van der Waals surface area contributed by atoms with Gasteiger partial charge in [-0.25, -0.2) is 9.59 Å². The Morgan fingerprint density at radius 2 is 1.67 bits per heavy atom. The van der Waals surface area contributed by atoms with Crippen molar-refractivity contribution < 1.29 is 28.8 Å². The fraction of sp³-hybridized carbons (Fsp3) is 0.167. The number of esters is 2. The smallest absolute Gasteiger partial charge is 0.338 e. The number of benzene rings is 2. The van der Waals surface area contributed by atoms with Gasteiger partial charge in [0, 0.05) is 17.3 Å². The molecule has 0 heterocycles. The Labute approximate surface area is 154 Å². The topological polar surface area (TPSA) is 125 Å². The summed E-state index contributed by atoms with van der Waals surface area (Å²) >= 11 is 0. The van der Waals surface area contributed by atoms with E-state index in [9.17, 15) is 24.5 Å². The Morgan fingerprint density at radius 3 is 2.22 bits per heavy atom. The quantitative estimate of drug-likeness (QED) is 0.469. The maximum Gasteiger partial charge on any atom is 0.338 e. The van der Waals surface area contributed by atoms with Gasteiger partial charge < -0.3 is 14.8 Å². The summed E-state index contributed by atoms with van der Waals surface area (Å²) in [4.78, 5) is 45.4. The van der Waals surface area contributed by atoms with E-state index in [-0.39, 0.29) is 11.3 Å². The summed E-state index contributed by atoms with van der Waals surface area (Å²) in [6.45, 7) is 0.966. The van der Waals surface area contributed by atoms with Crippen molar-refractivity contribution in [1.29, 1.82) is 0 Å². The molecule has 140 valence electrons. The van der Waals surface area contributed by atoms with Crippen LogP contribution in [0.1, 0.15) is 26.3 Å². The number of amides is 1. The van der Waals surface area contributed by atoms with Gasteiger partial charge in [0.05, 0.1) is 23.2 Å². The van der Waals surface area contributed by atoms with Gasteiger partial charge in [-0.2, -0.15) is 0 Å². The molecular formula is C18H16N2O7. The standard InChI is InChI=1S/C18H16N2O7/c1-11-9-13(5-8-15(11)20(24)25)18(23)27-10-16(21)19-14-6-3-12(4-7-14)17(22)26-2/h3-9H,10H2,1-2H3,(H,19,21). The molecule has 1 amide bonds. The largest absolute Gasteiger partial charge is 0.465 e. The van der Waals surface area contributed by atoms with Crippen LogP contribution in [0.4, 0.5) is 11.4 Å². The van der Waals surface area contributed by atoms with Crippen molar-refractivity contribution >= 4 is 29.2 Å². The van der Waals surface area contributed by atoms with E-state index in [0.29, 0.717) is 16.8 Å². The number of anilines is 1. The Hall–Kier alpha value is -3.75. The third-order valence-electron chi connectivity index (χ3n) is 3.55. The second kappa shape index (κ2) is 8.56. The van der Waals surface area contributed by atoms with Crippen LogP contribution in [0.25, 0.3) is 0 Å². The highest BCUT2D eigenvalue weighted by Gasteiger charge is 2.16. The van der Waals surface area contributed by atoms with Crippen molar-refractivity contribution in [3.05, 3.63) is 69.3 Å². The fourth-order valence-electron chi connectivity index (χ4n) is 2.21. The molecule has 27 heavy (non-hydrogen) atoms. The van der Waals surface area contributed by atoms with Crippen molar-refractivity contribution in [2.45, 2.75) is 6.92 Å². The van der Waals surface area contributed by atoms with Crippen molar-refractivity contribution in [3.63, 3.8) is 0 Å². The highest BCUT2D eigenvalue weighted by atomic mass is 16.6. The second-order valence-corrected chi connectivity index (χ2v) is 5.45. The van der Waals surface area contributed by atoms with Gasteiger partial charge in [0.2, 0.25) is 0 Å². The molecule has 0 unspecified atom stereocenters. The lowest BCUT2D eigenvalue weighted by Gasteiger charge is -2.08. The summed E-state index contributed by atoms with van der Waals surface area (Å²) in [6, 6.07) is 9.76. The molecule has 2 aromatic rings. The van der Waals surface area contributed by atoms with E-state index in [4.69, 9.17) is 4.74 Å². The average Bonchev–Trinajstić information content (AvgIpc) is 2.65. The third kappa shape index (κ3) is 5.11.